The molecule has 0 aromatic heterocycles. The van der Waals surface area contributed by atoms with Crippen molar-refractivity contribution in [3.63, 3.8) is 0 Å². The lowest BCUT2D eigenvalue weighted by molar-refractivity contribution is -0.134. The fourth-order valence-electron chi connectivity index (χ4n) is 2.00. The maximum atomic E-state index is 11.7. The van der Waals surface area contributed by atoms with Crippen LogP contribution in [0.5, 0.6) is 0 Å². The maximum Gasteiger partial charge on any atom is 0.242 e. The molecule has 2 amide bonds. The first-order chi connectivity index (χ1) is 7.12. The molecule has 0 radical (unpaired) electrons. The van der Waals surface area contributed by atoms with E-state index in [0.717, 1.165) is 25.7 Å². The van der Waals surface area contributed by atoms with Crippen LogP contribution in [0.2, 0.25) is 0 Å². The molecule has 1 unspecified atom stereocenters. The van der Waals surface area contributed by atoms with E-state index in [2.05, 4.69) is 10.6 Å². The minimum absolute atomic E-state index is 0.0856. The summed E-state index contributed by atoms with van der Waals surface area (Å²) in [4.78, 5) is 23.1. The van der Waals surface area contributed by atoms with E-state index in [4.69, 9.17) is 5.73 Å². The van der Waals surface area contributed by atoms with Gasteiger partial charge in [-0.15, -0.1) is 0 Å². The topological polar surface area (TPSA) is 84.2 Å². The van der Waals surface area contributed by atoms with E-state index < -0.39 is 5.54 Å². The summed E-state index contributed by atoms with van der Waals surface area (Å²) in [5.41, 5.74) is 5.15. The van der Waals surface area contributed by atoms with Gasteiger partial charge in [-0.3, -0.25) is 9.59 Å². The van der Waals surface area contributed by atoms with E-state index in [1.54, 1.807) is 0 Å². The van der Waals surface area contributed by atoms with Crippen molar-refractivity contribution in [3.8, 4) is 0 Å². The Morgan fingerprint density at radius 1 is 1.47 bits per heavy atom. The molecule has 4 N–H and O–H groups in total. The van der Waals surface area contributed by atoms with Crippen molar-refractivity contribution in [2.75, 3.05) is 6.54 Å². The quantitative estimate of drug-likeness (QED) is 0.562. The van der Waals surface area contributed by atoms with Crippen LogP contribution in [0.15, 0.2) is 0 Å². The summed E-state index contributed by atoms with van der Waals surface area (Å²) in [5, 5.41) is 5.47. The standard InChI is InChI=1S/C10H17N3O2/c11-10(4-2-5-10)9(15)13-7-3-1-6-12-8(7)14/h7H,1-6,11H2,(H,12,14)(H,13,15). The second-order valence-electron chi connectivity index (χ2n) is 4.47. The molecule has 2 fully saturated rings. The normalized spacial score (nSPS) is 28.9. The van der Waals surface area contributed by atoms with Crippen molar-refractivity contribution in [2.45, 2.75) is 43.7 Å². The molecule has 0 aromatic rings. The van der Waals surface area contributed by atoms with Gasteiger partial charge in [0, 0.05) is 6.54 Å². The molecule has 5 nitrogen and oxygen atoms in total. The van der Waals surface area contributed by atoms with E-state index in [1.165, 1.54) is 0 Å². The molecule has 0 bridgehead atoms. The predicted molar refractivity (Wildman–Crippen MR) is 54.9 cm³/mol. The highest BCUT2D eigenvalue weighted by atomic mass is 16.2. The van der Waals surface area contributed by atoms with Gasteiger partial charge in [-0.1, -0.05) is 0 Å². The van der Waals surface area contributed by atoms with E-state index >= 15 is 0 Å². The maximum absolute atomic E-state index is 11.7. The predicted octanol–water partition coefficient (Wildman–Crippen LogP) is -0.737. The van der Waals surface area contributed by atoms with Crippen LogP contribution in [0.1, 0.15) is 32.1 Å². The molecule has 0 spiro atoms. The number of rotatable bonds is 2. The van der Waals surface area contributed by atoms with Gasteiger partial charge in [0.2, 0.25) is 11.8 Å². The average Bonchev–Trinajstić information content (AvgIpc) is 2.18. The number of nitrogens with two attached hydrogens (primary N) is 1. The smallest absolute Gasteiger partial charge is 0.242 e. The zero-order valence-electron chi connectivity index (χ0n) is 8.71. The second kappa shape index (κ2) is 3.81. The first-order valence-electron chi connectivity index (χ1n) is 5.49. The van der Waals surface area contributed by atoms with Gasteiger partial charge in [0.05, 0.1) is 5.54 Å². The summed E-state index contributed by atoms with van der Waals surface area (Å²) < 4.78 is 0. The summed E-state index contributed by atoms with van der Waals surface area (Å²) in [7, 11) is 0. The molecule has 2 rings (SSSR count). The van der Waals surface area contributed by atoms with Gasteiger partial charge in [-0.25, -0.2) is 0 Å². The molecule has 5 heteroatoms. The van der Waals surface area contributed by atoms with Crippen molar-refractivity contribution in [1.82, 2.24) is 10.6 Å². The summed E-state index contributed by atoms with van der Waals surface area (Å²) in [6.45, 7) is 0.707. The Labute approximate surface area is 88.8 Å². The molecule has 1 aliphatic carbocycles. The Morgan fingerprint density at radius 3 is 2.73 bits per heavy atom. The first kappa shape index (κ1) is 10.4. The first-order valence-corrected chi connectivity index (χ1v) is 5.49. The second-order valence-corrected chi connectivity index (χ2v) is 4.47. The Kier molecular flexibility index (Phi) is 2.65. The van der Waals surface area contributed by atoms with Crippen LogP contribution < -0.4 is 16.4 Å². The molecular formula is C10H17N3O2. The third kappa shape index (κ3) is 1.97. The van der Waals surface area contributed by atoms with Crippen LogP contribution in [-0.4, -0.2) is 29.9 Å². The SMILES string of the molecule is NC1(C(=O)NC2CCCNC2=O)CCC1. The Balaban J connectivity index is 1.90. The van der Waals surface area contributed by atoms with Gasteiger partial charge in [-0.2, -0.15) is 0 Å². The van der Waals surface area contributed by atoms with Crippen molar-refractivity contribution in [2.24, 2.45) is 5.73 Å². The minimum atomic E-state index is -0.711. The number of piperidine rings is 1. The summed E-state index contributed by atoms with van der Waals surface area (Å²) >= 11 is 0. The molecule has 84 valence electrons. The lowest BCUT2D eigenvalue weighted by Gasteiger charge is -2.37. The third-order valence-corrected chi connectivity index (χ3v) is 3.29. The van der Waals surface area contributed by atoms with Crippen molar-refractivity contribution in [3.05, 3.63) is 0 Å². The average molecular weight is 211 g/mol. The van der Waals surface area contributed by atoms with Crippen LogP contribution in [0, 0.1) is 0 Å². The van der Waals surface area contributed by atoms with E-state index in [1.807, 2.05) is 0 Å². The molecule has 1 heterocycles. The fourth-order valence-corrected chi connectivity index (χ4v) is 2.00. The minimum Gasteiger partial charge on any atom is -0.354 e. The van der Waals surface area contributed by atoms with Gasteiger partial charge in [-0.05, 0) is 32.1 Å². The van der Waals surface area contributed by atoms with Crippen LogP contribution in [0.4, 0.5) is 0 Å². The monoisotopic (exact) mass is 211 g/mol. The van der Waals surface area contributed by atoms with Gasteiger partial charge < -0.3 is 16.4 Å². The molecule has 2 aliphatic rings. The number of amides is 2. The van der Waals surface area contributed by atoms with Crippen LogP contribution in [-0.2, 0) is 9.59 Å². The van der Waals surface area contributed by atoms with Crippen LogP contribution >= 0.6 is 0 Å². The van der Waals surface area contributed by atoms with Gasteiger partial charge >= 0.3 is 0 Å². The number of hydrogen-bond donors (Lipinski definition) is 3. The largest absolute Gasteiger partial charge is 0.354 e. The van der Waals surface area contributed by atoms with Crippen LogP contribution in [0.3, 0.4) is 0 Å². The van der Waals surface area contributed by atoms with Crippen LogP contribution in [0.25, 0.3) is 0 Å². The highest BCUT2D eigenvalue weighted by Crippen LogP contribution is 2.29. The Morgan fingerprint density at radius 2 is 2.20 bits per heavy atom. The molecule has 1 atom stereocenters. The lowest BCUT2D eigenvalue weighted by atomic mass is 9.77. The fraction of sp³-hybridized carbons (Fsp3) is 0.800. The van der Waals surface area contributed by atoms with Gasteiger partial charge in [0.15, 0.2) is 0 Å². The van der Waals surface area contributed by atoms with Crippen molar-refractivity contribution in [1.29, 1.82) is 0 Å². The lowest BCUT2D eigenvalue weighted by Crippen LogP contribution is -2.62. The van der Waals surface area contributed by atoms with E-state index in [9.17, 15) is 9.59 Å². The van der Waals surface area contributed by atoms with Gasteiger partial charge in [0.25, 0.3) is 0 Å². The molecule has 1 saturated carbocycles. The molecule has 1 aliphatic heterocycles. The zero-order chi connectivity index (χ0) is 10.9. The van der Waals surface area contributed by atoms with E-state index in [-0.39, 0.29) is 17.9 Å². The number of carbonyl (C=O) groups is 2. The number of carbonyl (C=O) groups excluding carboxylic acids is 2. The highest BCUT2D eigenvalue weighted by Gasteiger charge is 2.41. The Hall–Kier alpha value is -1.10. The number of nitrogens with one attached hydrogen (secondary N) is 2. The highest BCUT2D eigenvalue weighted by molar-refractivity contribution is 5.92. The number of hydrogen-bond acceptors (Lipinski definition) is 3. The molecule has 15 heavy (non-hydrogen) atoms. The van der Waals surface area contributed by atoms with Crippen molar-refractivity contribution >= 4 is 11.8 Å². The van der Waals surface area contributed by atoms with E-state index in [0.29, 0.717) is 13.0 Å². The van der Waals surface area contributed by atoms with Gasteiger partial charge in [0.1, 0.15) is 6.04 Å². The molecular weight excluding hydrogens is 194 g/mol. The zero-order valence-corrected chi connectivity index (χ0v) is 8.71. The summed E-state index contributed by atoms with van der Waals surface area (Å²) in [6, 6.07) is -0.382. The summed E-state index contributed by atoms with van der Waals surface area (Å²) in [6.07, 6.45) is 4.09. The Bertz CT molecular complexity index is 286. The molecule has 0 aromatic carbocycles. The third-order valence-electron chi connectivity index (χ3n) is 3.29. The molecule has 1 saturated heterocycles. The van der Waals surface area contributed by atoms with Crippen molar-refractivity contribution < 1.29 is 9.59 Å². The summed E-state index contributed by atoms with van der Waals surface area (Å²) in [5.74, 6) is -0.256.